The molecular weight excluding hydrogens is 378 g/mol. The molecule has 0 spiro atoms. The molecule has 0 bridgehead atoms. The van der Waals surface area contributed by atoms with Crippen LogP contribution in [-0.4, -0.2) is 8.42 Å². The van der Waals surface area contributed by atoms with Crippen LogP contribution < -0.4 is 4.72 Å². The van der Waals surface area contributed by atoms with Crippen molar-refractivity contribution in [3.05, 3.63) is 89.5 Å². The molecule has 1 aliphatic rings. The molecule has 0 saturated carbocycles. The summed E-state index contributed by atoms with van der Waals surface area (Å²) in [4.78, 5) is 0.284. The Morgan fingerprint density at radius 3 is 2.14 bits per heavy atom. The SMILES string of the molecule is CCC1C=CC=CC1(NS(=O)(=O)c1ccc(C)cc1)c1ccc(C(C)(C)C)cc1. The lowest BCUT2D eigenvalue weighted by Crippen LogP contribution is -2.49. The smallest absolute Gasteiger partial charge is 0.207 e. The molecule has 0 aliphatic heterocycles. The highest BCUT2D eigenvalue weighted by Crippen LogP contribution is 2.39. The summed E-state index contributed by atoms with van der Waals surface area (Å²) in [5.74, 6) is 0.0215. The molecule has 0 amide bonds. The summed E-state index contributed by atoms with van der Waals surface area (Å²) in [5.41, 5.74) is 2.43. The fourth-order valence-corrected chi connectivity index (χ4v) is 5.26. The van der Waals surface area contributed by atoms with E-state index in [1.54, 1.807) is 12.1 Å². The second-order valence-electron chi connectivity index (χ2n) is 8.87. The highest BCUT2D eigenvalue weighted by Gasteiger charge is 2.41. The summed E-state index contributed by atoms with van der Waals surface area (Å²) in [7, 11) is -3.70. The van der Waals surface area contributed by atoms with Gasteiger partial charge in [-0.15, -0.1) is 0 Å². The molecule has 3 nitrogen and oxygen atoms in total. The Bertz CT molecular complexity index is 1010. The minimum atomic E-state index is -3.70. The quantitative estimate of drug-likeness (QED) is 0.697. The zero-order chi connectivity index (χ0) is 21.3. The average molecular weight is 410 g/mol. The number of rotatable bonds is 5. The fraction of sp³-hybridized carbons (Fsp3) is 0.360. The molecule has 2 aromatic rings. The van der Waals surface area contributed by atoms with Crippen molar-refractivity contribution in [2.75, 3.05) is 0 Å². The number of sulfonamides is 1. The first kappa shape index (κ1) is 21.5. The Hall–Kier alpha value is -2.17. The van der Waals surface area contributed by atoms with Gasteiger partial charge in [0.25, 0.3) is 0 Å². The summed E-state index contributed by atoms with van der Waals surface area (Å²) in [6, 6.07) is 15.3. The van der Waals surface area contributed by atoms with Crippen LogP contribution in [0.15, 0.2) is 77.7 Å². The van der Waals surface area contributed by atoms with Gasteiger partial charge in [-0.2, -0.15) is 4.72 Å². The van der Waals surface area contributed by atoms with Crippen molar-refractivity contribution in [2.45, 2.75) is 56.9 Å². The minimum absolute atomic E-state index is 0.0215. The van der Waals surface area contributed by atoms with Crippen LogP contribution in [0.2, 0.25) is 0 Å². The van der Waals surface area contributed by atoms with Gasteiger partial charge in [0.15, 0.2) is 0 Å². The molecule has 2 atom stereocenters. The predicted octanol–water partition coefficient (Wildman–Crippen LogP) is 5.62. The molecular formula is C25H31NO2S. The number of aryl methyl sites for hydroxylation is 1. The molecule has 0 saturated heterocycles. The maximum atomic E-state index is 13.3. The van der Waals surface area contributed by atoms with Crippen molar-refractivity contribution in [2.24, 2.45) is 5.92 Å². The first-order valence-electron chi connectivity index (χ1n) is 10.2. The number of allylic oxidation sites excluding steroid dienone is 2. The third kappa shape index (κ3) is 4.39. The summed E-state index contributed by atoms with van der Waals surface area (Å²) in [5, 5.41) is 0. The van der Waals surface area contributed by atoms with Gasteiger partial charge < -0.3 is 0 Å². The Morgan fingerprint density at radius 2 is 1.59 bits per heavy atom. The van der Waals surface area contributed by atoms with Gasteiger partial charge in [0.05, 0.1) is 10.4 Å². The van der Waals surface area contributed by atoms with Crippen LogP contribution in [0.4, 0.5) is 0 Å². The van der Waals surface area contributed by atoms with E-state index in [2.05, 4.69) is 62.8 Å². The fourth-order valence-electron chi connectivity index (χ4n) is 3.86. The van der Waals surface area contributed by atoms with E-state index in [9.17, 15) is 8.42 Å². The van der Waals surface area contributed by atoms with Crippen LogP contribution in [0.1, 0.15) is 50.8 Å². The highest BCUT2D eigenvalue weighted by atomic mass is 32.2. The molecule has 2 unspecified atom stereocenters. The Balaban J connectivity index is 2.09. The zero-order valence-electron chi connectivity index (χ0n) is 17.9. The van der Waals surface area contributed by atoms with E-state index < -0.39 is 15.6 Å². The van der Waals surface area contributed by atoms with Crippen molar-refractivity contribution >= 4 is 10.0 Å². The number of nitrogens with one attached hydrogen (secondary N) is 1. The van der Waals surface area contributed by atoms with Crippen molar-refractivity contribution in [1.29, 1.82) is 0 Å². The van der Waals surface area contributed by atoms with Gasteiger partial charge in [0, 0.05) is 5.92 Å². The Labute approximate surface area is 175 Å². The van der Waals surface area contributed by atoms with Gasteiger partial charge in [-0.25, -0.2) is 8.42 Å². The number of hydrogen-bond acceptors (Lipinski definition) is 2. The Kier molecular flexibility index (Phi) is 5.88. The van der Waals surface area contributed by atoms with E-state index in [1.165, 1.54) is 5.56 Å². The summed E-state index contributed by atoms with van der Waals surface area (Å²) in [6.07, 6.45) is 8.82. The Morgan fingerprint density at radius 1 is 0.966 bits per heavy atom. The normalized spacial score (nSPS) is 22.0. The van der Waals surface area contributed by atoms with E-state index in [0.29, 0.717) is 0 Å². The average Bonchev–Trinajstić information content (AvgIpc) is 2.68. The van der Waals surface area contributed by atoms with Gasteiger partial charge in [0.1, 0.15) is 0 Å². The molecule has 0 fully saturated rings. The predicted molar refractivity (Wildman–Crippen MR) is 120 cm³/mol. The van der Waals surface area contributed by atoms with Gasteiger partial charge in [-0.05, 0) is 42.0 Å². The second-order valence-corrected chi connectivity index (χ2v) is 10.6. The van der Waals surface area contributed by atoms with Crippen LogP contribution >= 0.6 is 0 Å². The van der Waals surface area contributed by atoms with Gasteiger partial charge in [-0.3, -0.25) is 0 Å². The molecule has 0 aromatic heterocycles. The molecule has 1 N–H and O–H groups in total. The van der Waals surface area contributed by atoms with E-state index >= 15 is 0 Å². The lowest BCUT2D eigenvalue weighted by molar-refractivity contribution is 0.354. The third-order valence-electron chi connectivity index (χ3n) is 5.70. The molecule has 4 heteroatoms. The van der Waals surface area contributed by atoms with Crippen LogP contribution in [0.3, 0.4) is 0 Å². The molecule has 0 heterocycles. The van der Waals surface area contributed by atoms with E-state index in [4.69, 9.17) is 0 Å². The van der Waals surface area contributed by atoms with Crippen molar-refractivity contribution in [3.8, 4) is 0 Å². The molecule has 154 valence electrons. The minimum Gasteiger partial charge on any atom is -0.207 e. The van der Waals surface area contributed by atoms with Crippen LogP contribution in [0, 0.1) is 12.8 Å². The first-order valence-corrected chi connectivity index (χ1v) is 11.6. The highest BCUT2D eigenvalue weighted by molar-refractivity contribution is 7.89. The molecule has 1 aliphatic carbocycles. The van der Waals surface area contributed by atoms with Gasteiger partial charge in [0.2, 0.25) is 10.0 Å². The maximum Gasteiger partial charge on any atom is 0.241 e. The monoisotopic (exact) mass is 409 g/mol. The van der Waals surface area contributed by atoms with E-state index in [0.717, 1.165) is 17.5 Å². The van der Waals surface area contributed by atoms with Crippen LogP contribution in [-0.2, 0) is 21.0 Å². The summed E-state index contributed by atoms with van der Waals surface area (Å²) < 4.78 is 29.7. The van der Waals surface area contributed by atoms with Crippen molar-refractivity contribution < 1.29 is 8.42 Å². The van der Waals surface area contributed by atoms with Gasteiger partial charge in [-0.1, -0.05) is 94.0 Å². The second kappa shape index (κ2) is 7.92. The topological polar surface area (TPSA) is 46.2 Å². The first-order chi connectivity index (χ1) is 13.6. The summed E-state index contributed by atoms with van der Waals surface area (Å²) >= 11 is 0. The van der Waals surface area contributed by atoms with Crippen LogP contribution in [0.5, 0.6) is 0 Å². The van der Waals surface area contributed by atoms with Gasteiger partial charge >= 0.3 is 0 Å². The summed E-state index contributed by atoms with van der Waals surface area (Å²) in [6.45, 7) is 10.6. The lowest BCUT2D eigenvalue weighted by atomic mass is 9.74. The standard InChI is InChI=1S/C25H31NO2S/c1-6-20-9-7-8-18-25(20,22-14-12-21(13-15-22)24(3,4)5)26-29(27,28)23-16-10-19(2)11-17-23/h7-18,20,26H,6H2,1-5H3. The van der Waals surface area contributed by atoms with E-state index in [1.807, 2.05) is 37.3 Å². The van der Waals surface area contributed by atoms with E-state index in [-0.39, 0.29) is 16.2 Å². The van der Waals surface area contributed by atoms with Crippen LogP contribution in [0.25, 0.3) is 0 Å². The third-order valence-corrected chi connectivity index (χ3v) is 7.20. The zero-order valence-corrected chi connectivity index (χ0v) is 18.8. The molecule has 3 rings (SSSR count). The lowest BCUT2D eigenvalue weighted by Gasteiger charge is -2.39. The largest absolute Gasteiger partial charge is 0.241 e. The number of hydrogen-bond donors (Lipinski definition) is 1. The van der Waals surface area contributed by atoms with Crippen molar-refractivity contribution in [3.63, 3.8) is 0 Å². The number of benzene rings is 2. The molecule has 29 heavy (non-hydrogen) atoms. The molecule has 0 radical (unpaired) electrons. The van der Waals surface area contributed by atoms with Crippen molar-refractivity contribution in [1.82, 2.24) is 4.72 Å². The maximum absolute atomic E-state index is 13.3. The molecule has 2 aromatic carbocycles.